The molecule has 0 aliphatic rings. The van der Waals surface area contributed by atoms with Gasteiger partial charge in [0, 0.05) is 7.05 Å². The van der Waals surface area contributed by atoms with Gasteiger partial charge in [0.1, 0.15) is 6.61 Å². The van der Waals surface area contributed by atoms with Gasteiger partial charge in [-0.15, -0.1) is 5.10 Å². The highest BCUT2D eigenvalue weighted by Crippen LogP contribution is 2.16. The molecule has 7 heteroatoms. The first kappa shape index (κ1) is 19.4. The zero-order valence-corrected chi connectivity index (χ0v) is 16.5. The molecule has 0 N–H and O–H groups in total. The number of hydrogen-bond acceptors (Lipinski definition) is 5. The maximum Gasteiger partial charge on any atom is 0.348 e. The molecule has 2 aromatic carbocycles. The molecule has 3 aromatic rings. The summed E-state index contributed by atoms with van der Waals surface area (Å²) >= 11 is 0. The van der Waals surface area contributed by atoms with E-state index in [0.29, 0.717) is 13.2 Å². The predicted octanol–water partition coefficient (Wildman–Crippen LogP) is 2.89. The molecule has 0 fully saturated rings. The van der Waals surface area contributed by atoms with Gasteiger partial charge in [-0.2, -0.15) is 0 Å². The lowest BCUT2D eigenvalue weighted by atomic mass is 10.0. The Kier molecular flexibility index (Phi) is 5.93. The molecule has 0 aliphatic carbocycles. The first-order valence-corrected chi connectivity index (χ1v) is 8.98. The van der Waals surface area contributed by atoms with Crippen LogP contribution in [-0.2, 0) is 25.0 Å². The maximum absolute atomic E-state index is 12.3. The molecule has 7 nitrogen and oxygen atoms in total. The van der Waals surface area contributed by atoms with Gasteiger partial charge in [0.05, 0.1) is 19.4 Å². The highest BCUT2D eigenvalue weighted by Gasteiger charge is 2.13. The summed E-state index contributed by atoms with van der Waals surface area (Å²) in [6, 6.07) is 16.2. The Bertz CT molecular complexity index is 1040. The molecule has 0 saturated carbocycles. The first-order valence-electron chi connectivity index (χ1n) is 8.98. The quantitative estimate of drug-likeness (QED) is 0.467. The van der Waals surface area contributed by atoms with E-state index in [2.05, 4.69) is 10.3 Å². The minimum absolute atomic E-state index is 0.224. The van der Waals surface area contributed by atoms with Crippen molar-refractivity contribution < 1.29 is 9.57 Å². The fraction of sp³-hybridized carbons (Fsp3) is 0.286. The summed E-state index contributed by atoms with van der Waals surface area (Å²) in [6.45, 7) is 4.69. The van der Waals surface area contributed by atoms with E-state index in [1.807, 2.05) is 62.4 Å². The van der Waals surface area contributed by atoms with Gasteiger partial charge in [-0.25, -0.2) is 14.0 Å². The minimum atomic E-state index is -0.224. The molecule has 0 amide bonds. The topological polar surface area (TPSA) is 70.6 Å². The molecule has 1 aromatic heterocycles. The van der Waals surface area contributed by atoms with Crippen LogP contribution in [0.15, 0.2) is 58.5 Å². The summed E-state index contributed by atoms with van der Waals surface area (Å²) < 4.78 is 7.99. The zero-order chi connectivity index (χ0) is 20.1. The molecule has 0 atom stereocenters. The van der Waals surface area contributed by atoms with E-state index in [-0.39, 0.29) is 11.7 Å². The summed E-state index contributed by atoms with van der Waals surface area (Å²) in [5, 5.41) is 8.31. The molecule has 28 heavy (non-hydrogen) atoms. The second kappa shape index (κ2) is 8.56. The smallest absolute Gasteiger partial charge is 0.348 e. The number of ether oxygens (including phenoxy) is 1. The van der Waals surface area contributed by atoms with Crippen molar-refractivity contribution in [3.05, 3.63) is 81.3 Å². The Morgan fingerprint density at radius 1 is 1.18 bits per heavy atom. The molecule has 0 spiro atoms. The van der Waals surface area contributed by atoms with Crippen molar-refractivity contribution in [1.29, 1.82) is 0 Å². The second-order valence-corrected chi connectivity index (χ2v) is 6.56. The summed E-state index contributed by atoms with van der Waals surface area (Å²) in [4.78, 5) is 17.8. The van der Waals surface area contributed by atoms with Gasteiger partial charge in [0.2, 0.25) is 0 Å². The Hall–Kier alpha value is -3.35. The number of benzene rings is 2. The van der Waals surface area contributed by atoms with Gasteiger partial charge < -0.3 is 9.57 Å². The molecule has 0 unspecified atom stereocenters. The van der Waals surface area contributed by atoms with Gasteiger partial charge in [-0.1, -0.05) is 47.6 Å². The number of methoxy groups -OCH3 is 1. The van der Waals surface area contributed by atoms with E-state index in [1.165, 1.54) is 16.4 Å². The highest BCUT2D eigenvalue weighted by atomic mass is 16.6. The van der Waals surface area contributed by atoms with E-state index in [9.17, 15) is 4.79 Å². The monoisotopic (exact) mass is 380 g/mol. The number of aromatic nitrogens is 3. The van der Waals surface area contributed by atoms with E-state index in [1.54, 1.807) is 7.05 Å². The van der Waals surface area contributed by atoms with Crippen LogP contribution in [0, 0.1) is 6.92 Å². The van der Waals surface area contributed by atoms with Crippen LogP contribution >= 0.6 is 0 Å². The first-order chi connectivity index (χ1) is 13.5. The van der Waals surface area contributed by atoms with Crippen molar-refractivity contribution in [3.8, 4) is 6.01 Å². The van der Waals surface area contributed by atoms with E-state index in [4.69, 9.17) is 9.57 Å². The van der Waals surface area contributed by atoms with Crippen molar-refractivity contribution in [3.63, 3.8) is 0 Å². The normalized spacial score (nSPS) is 11.5. The van der Waals surface area contributed by atoms with Crippen LogP contribution in [0.3, 0.4) is 0 Å². The van der Waals surface area contributed by atoms with Crippen LogP contribution in [0.2, 0.25) is 0 Å². The fourth-order valence-corrected chi connectivity index (χ4v) is 2.84. The Labute approximate surface area is 163 Å². The number of oxime groups is 1. The molecule has 146 valence electrons. The number of rotatable bonds is 7. The summed E-state index contributed by atoms with van der Waals surface area (Å²) in [6.07, 6.45) is 0. The largest absolute Gasteiger partial charge is 0.467 e. The number of nitrogens with zero attached hydrogens (tertiary/aromatic N) is 4. The van der Waals surface area contributed by atoms with Gasteiger partial charge in [-0.05, 0) is 42.2 Å². The molecule has 0 bridgehead atoms. The van der Waals surface area contributed by atoms with Crippen molar-refractivity contribution in [2.75, 3.05) is 7.11 Å². The molecular formula is C21H24N4O3. The third-order valence-electron chi connectivity index (χ3n) is 4.53. The summed E-state index contributed by atoms with van der Waals surface area (Å²) in [7, 11) is 3.11. The molecule has 1 heterocycles. The van der Waals surface area contributed by atoms with Crippen molar-refractivity contribution in [2.45, 2.75) is 27.0 Å². The lowest BCUT2D eigenvalue weighted by Gasteiger charge is -2.10. The minimum Gasteiger partial charge on any atom is -0.467 e. The van der Waals surface area contributed by atoms with Crippen LogP contribution in [0.5, 0.6) is 6.01 Å². The highest BCUT2D eigenvalue weighted by molar-refractivity contribution is 5.98. The molecule has 0 saturated heterocycles. The number of aryl methyl sites for hydroxylation is 2. The van der Waals surface area contributed by atoms with Gasteiger partial charge >= 0.3 is 11.7 Å². The lowest BCUT2D eigenvalue weighted by Crippen LogP contribution is -2.23. The molecule has 3 rings (SSSR count). The maximum atomic E-state index is 12.3. The van der Waals surface area contributed by atoms with Gasteiger partial charge in [0.25, 0.3) is 0 Å². The van der Waals surface area contributed by atoms with Gasteiger partial charge in [0.15, 0.2) is 0 Å². The predicted molar refractivity (Wildman–Crippen MR) is 108 cm³/mol. The van der Waals surface area contributed by atoms with Crippen molar-refractivity contribution >= 4 is 5.71 Å². The van der Waals surface area contributed by atoms with Gasteiger partial charge in [-0.3, -0.25) is 0 Å². The molecular weight excluding hydrogens is 356 g/mol. The van der Waals surface area contributed by atoms with E-state index in [0.717, 1.165) is 28.0 Å². The second-order valence-electron chi connectivity index (χ2n) is 6.56. The Balaban J connectivity index is 1.79. The van der Waals surface area contributed by atoms with E-state index < -0.39 is 0 Å². The standard InChI is InChI=1S/C21H24N4O3/c1-15-10-11-18(16(2)23-28-14-17-8-6-5-7-9-17)12-19(15)13-25-20(27-4)22-24(3)21(25)26/h5-12H,13-14H2,1-4H3/b23-16+. The van der Waals surface area contributed by atoms with E-state index >= 15 is 0 Å². The van der Waals surface area contributed by atoms with Crippen LogP contribution in [-0.4, -0.2) is 27.2 Å². The molecule has 0 radical (unpaired) electrons. The third kappa shape index (κ3) is 4.31. The number of hydrogen-bond donors (Lipinski definition) is 0. The Morgan fingerprint density at radius 2 is 1.93 bits per heavy atom. The fourth-order valence-electron chi connectivity index (χ4n) is 2.84. The van der Waals surface area contributed by atoms with Crippen LogP contribution in [0.25, 0.3) is 0 Å². The van der Waals surface area contributed by atoms with Crippen LogP contribution in [0.4, 0.5) is 0 Å². The third-order valence-corrected chi connectivity index (χ3v) is 4.53. The summed E-state index contributed by atoms with van der Waals surface area (Å²) in [5.41, 5.74) is 4.60. The average molecular weight is 380 g/mol. The Morgan fingerprint density at radius 3 is 2.64 bits per heavy atom. The summed E-state index contributed by atoms with van der Waals surface area (Å²) in [5.74, 6) is 0. The van der Waals surface area contributed by atoms with Crippen LogP contribution < -0.4 is 10.4 Å². The zero-order valence-electron chi connectivity index (χ0n) is 16.5. The van der Waals surface area contributed by atoms with Crippen molar-refractivity contribution in [2.24, 2.45) is 12.2 Å². The average Bonchev–Trinajstić information content (AvgIpc) is 2.98. The lowest BCUT2D eigenvalue weighted by molar-refractivity contribution is 0.130. The van der Waals surface area contributed by atoms with Crippen molar-refractivity contribution in [1.82, 2.24) is 14.3 Å². The SMILES string of the molecule is COc1nn(C)c(=O)n1Cc1cc(/C(C)=N/OCc2ccccc2)ccc1C. The van der Waals surface area contributed by atoms with Crippen LogP contribution in [0.1, 0.15) is 29.2 Å². The molecule has 0 aliphatic heterocycles.